The van der Waals surface area contributed by atoms with Crippen molar-refractivity contribution in [2.45, 2.75) is 0 Å². The molecule has 1 aromatic heterocycles. The van der Waals surface area contributed by atoms with Gasteiger partial charge in [-0.05, 0) is 6.07 Å². The third-order valence-electron chi connectivity index (χ3n) is 2.49. The Balaban J connectivity index is 0.00000162. The predicted molar refractivity (Wildman–Crippen MR) is 58.4 cm³/mol. The van der Waals surface area contributed by atoms with E-state index in [-0.39, 0.29) is 62.3 Å². The zero-order chi connectivity index (χ0) is 12.6. The fourth-order valence-electron chi connectivity index (χ4n) is 1.62. The fourth-order valence-corrected chi connectivity index (χ4v) is 1.62. The molecule has 1 N–H and O–H groups in total. The van der Waals surface area contributed by atoms with Crippen LogP contribution < -0.4 is 56.8 Å². The molecule has 2 aromatic rings. The summed E-state index contributed by atoms with van der Waals surface area (Å²) >= 11 is 0. The zero-order valence-corrected chi connectivity index (χ0v) is 13.0. The molecule has 0 amide bonds. The molecule has 2 rings (SSSR count). The Morgan fingerprint density at radius 1 is 1.33 bits per heavy atom. The van der Waals surface area contributed by atoms with Gasteiger partial charge in [0.1, 0.15) is 0 Å². The van der Waals surface area contributed by atoms with Gasteiger partial charge >= 0.3 is 64.3 Å². The molecule has 18 heavy (non-hydrogen) atoms. The summed E-state index contributed by atoms with van der Waals surface area (Å²) in [6.07, 6.45) is 1.34. The summed E-state index contributed by atoms with van der Waals surface area (Å²) in [5, 5.41) is 0.216. The van der Waals surface area contributed by atoms with Gasteiger partial charge in [0, 0.05) is 17.1 Å². The maximum atomic E-state index is 12.6. The first-order valence-electron chi connectivity index (χ1n) is 4.83. The van der Waals surface area contributed by atoms with Crippen LogP contribution in [-0.4, -0.2) is 25.0 Å². The first-order valence-corrected chi connectivity index (χ1v) is 4.83. The molecule has 0 spiro atoms. The molecule has 0 bridgehead atoms. The van der Waals surface area contributed by atoms with Crippen LogP contribution in [0.1, 0.15) is 10.4 Å². The average molecular weight is 281 g/mol. The van der Waals surface area contributed by atoms with Crippen LogP contribution in [0.2, 0.25) is 0 Å². The van der Waals surface area contributed by atoms with Gasteiger partial charge in [0.15, 0.2) is 0 Å². The topological polar surface area (TPSA) is 42.1 Å². The van der Waals surface area contributed by atoms with E-state index in [0.29, 0.717) is 5.52 Å². The number of ether oxygens (including phenoxy) is 1. The van der Waals surface area contributed by atoms with Crippen molar-refractivity contribution in [3.05, 3.63) is 30.0 Å². The van der Waals surface area contributed by atoms with Crippen LogP contribution in [0.5, 0.6) is 0 Å². The Labute approximate surface area is 144 Å². The van der Waals surface area contributed by atoms with Gasteiger partial charge in [-0.2, -0.15) is 0 Å². The van der Waals surface area contributed by atoms with Crippen LogP contribution in [-0.2, 0) is 4.74 Å². The number of hydrogen-bond donors (Lipinski definition) is 1. The number of carbonyl (C=O) groups excluding carboxylic acids is 1. The van der Waals surface area contributed by atoms with E-state index in [1.54, 1.807) is 0 Å². The first-order chi connectivity index (χ1) is 7.93. The summed E-state index contributed by atoms with van der Waals surface area (Å²) in [5.74, 6) is -0.664. The average Bonchev–Trinajstić information content (AvgIpc) is 2.69. The molecule has 0 fully saturated rings. The Bertz CT molecular complexity index is 582. The largest absolute Gasteiger partial charge is 1.00 e. The van der Waals surface area contributed by atoms with Crippen molar-refractivity contribution in [3.8, 4) is 0 Å². The molecule has 0 aliphatic rings. The minimum atomic E-state index is -5.07. The van der Waals surface area contributed by atoms with E-state index >= 15 is 0 Å². The molecule has 0 aliphatic heterocycles. The van der Waals surface area contributed by atoms with Gasteiger partial charge in [0.25, 0.3) is 0 Å². The molecular weight excluding hydrogens is 273 g/mol. The molecule has 0 saturated carbocycles. The number of carbonyl (C=O) groups is 1. The maximum absolute atomic E-state index is 12.6. The van der Waals surface area contributed by atoms with Gasteiger partial charge in [-0.15, -0.1) is 5.46 Å². The Morgan fingerprint density at radius 3 is 2.56 bits per heavy atom. The van der Waals surface area contributed by atoms with E-state index in [9.17, 15) is 17.7 Å². The third kappa shape index (κ3) is 3.00. The normalized spacial score (nSPS) is 11.1. The van der Waals surface area contributed by atoms with E-state index in [4.69, 9.17) is 0 Å². The second-order valence-corrected chi connectivity index (χ2v) is 3.57. The molecular formula is C10H8BF3KNO2. The zero-order valence-electron chi connectivity index (χ0n) is 9.84. The van der Waals surface area contributed by atoms with Gasteiger partial charge in [-0.25, -0.2) is 4.79 Å². The van der Waals surface area contributed by atoms with Crippen molar-refractivity contribution in [3.63, 3.8) is 0 Å². The van der Waals surface area contributed by atoms with Gasteiger partial charge in [-0.3, -0.25) is 0 Å². The molecule has 0 saturated heterocycles. The van der Waals surface area contributed by atoms with Crippen LogP contribution in [0, 0.1) is 0 Å². The Kier molecular flexibility index (Phi) is 5.07. The second kappa shape index (κ2) is 5.79. The number of aromatic nitrogens is 1. The van der Waals surface area contributed by atoms with Crippen molar-refractivity contribution in [1.29, 1.82) is 0 Å². The Morgan fingerprint density at radius 2 is 2.00 bits per heavy atom. The molecule has 0 atom stereocenters. The van der Waals surface area contributed by atoms with Crippen molar-refractivity contribution < 1.29 is 73.9 Å². The van der Waals surface area contributed by atoms with E-state index in [1.165, 1.54) is 19.4 Å². The van der Waals surface area contributed by atoms with Crippen LogP contribution in [0.3, 0.4) is 0 Å². The number of esters is 1. The number of benzene rings is 1. The number of aromatic amines is 1. The summed E-state index contributed by atoms with van der Waals surface area (Å²) < 4.78 is 42.2. The molecule has 0 unspecified atom stereocenters. The standard InChI is InChI=1S/C10H8BF3NO2.K/c1-17-10(16)8-5-15-9-3-2-6(4-7(8)9)11(12,13)14;/h2-5,15H,1H3;/q-1;+1. The smallest absolute Gasteiger partial charge is 0.465 e. The van der Waals surface area contributed by atoms with Crippen LogP contribution in [0.25, 0.3) is 10.9 Å². The molecule has 0 aliphatic carbocycles. The predicted octanol–water partition coefficient (Wildman–Crippen LogP) is -0.987. The summed E-state index contributed by atoms with van der Waals surface area (Å²) in [7, 11) is 1.18. The molecule has 1 heterocycles. The minimum absolute atomic E-state index is 0. The maximum Gasteiger partial charge on any atom is 1.00 e. The summed E-state index contributed by atoms with van der Waals surface area (Å²) in [6.45, 7) is -5.07. The van der Waals surface area contributed by atoms with Gasteiger partial charge in [-0.1, -0.05) is 12.1 Å². The summed E-state index contributed by atoms with van der Waals surface area (Å²) in [5.41, 5.74) is -0.166. The van der Waals surface area contributed by atoms with Crippen molar-refractivity contribution in [2.24, 2.45) is 0 Å². The second-order valence-electron chi connectivity index (χ2n) is 3.57. The van der Waals surface area contributed by atoms with Crippen molar-refractivity contribution in [2.75, 3.05) is 7.11 Å². The van der Waals surface area contributed by atoms with Gasteiger partial charge in [0.2, 0.25) is 0 Å². The molecule has 8 heteroatoms. The number of rotatable bonds is 2. The van der Waals surface area contributed by atoms with E-state index in [0.717, 1.165) is 12.1 Å². The summed E-state index contributed by atoms with van der Waals surface area (Å²) in [4.78, 5) is 14.1. The Hall–Kier alpha value is -0.279. The monoisotopic (exact) mass is 281 g/mol. The summed E-state index contributed by atoms with van der Waals surface area (Å²) in [6, 6.07) is 3.24. The van der Waals surface area contributed by atoms with Crippen molar-refractivity contribution >= 4 is 29.3 Å². The third-order valence-corrected chi connectivity index (χ3v) is 2.49. The number of fused-ring (bicyclic) bond motifs is 1. The quantitative estimate of drug-likeness (QED) is 0.567. The van der Waals surface area contributed by atoms with Crippen LogP contribution >= 0.6 is 0 Å². The van der Waals surface area contributed by atoms with Crippen LogP contribution in [0.15, 0.2) is 24.4 Å². The van der Waals surface area contributed by atoms with E-state index in [1.807, 2.05) is 0 Å². The number of nitrogens with one attached hydrogen (secondary N) is 1. The number of halogens is 3. The molecule has 0 radical (unpaired) electrons. The molecule has 1 aromatic carbocycles. The number of hydrogen-bond acceptors (Lipinski definition) is 2. The van der Waals surface area contributed by atoms with E-state index < -0.39 is 18.4 Å². The molecule has 3 nitrogen and oxygen atoms in total. The van der Waals surface area contributed by atoms with E-state index in [2.05, 4.69) is 9.72 Å². The number of H-pyrrole nitrogens is 1. The molecule has 90 valence electrons. The van der Waals surface area contributed by atoms with Crippen LogP contribution in [0.4, 0.5) is 12.9 Å². The van der Waals surface area contributed by atoms with Crippen molar-refractivity contribution in [1.82, 2.24) is 4.98 Å². The fraction of sp³-hybridized carbons (Fsp3) is 0.100. The van der Waals surface area contributed by atoms with Gasteiger partial charge in [0.05, 0.1) is 12.7 Å². The first kappa shape index (κ1) is 15.8. The van der Waals surface area contributed by atoms with Gasteiger partial charge < -0.3 is 22.7 Å². The SMILES string of the molecule is COC(=O)c1c[nH]c2ccc([B-](F)(F)F)cc12.[K+]. The minimum Gasteiger partial charge on any atom is -0.465 e. The number of methoxy groups -OCH3 is 1.